The molecule has 2 atom stereocenters. The first-order chi connectivity index (χ1) is 12.9. The second kappa shape index (κ2) is 9.39. The molecule has 1 saturated heterocycles. The lowest BCUT2D eigenvalue weighted by Crippen LogP contribution is -2.49. The summed E-state index contributed by atoms with van der Waals surface area (Å²) in [5, 5.41) is 8.38. The van der Waals surface area contributed by atoms with Gasteiger partial charge in [0.1, 0.15) is 5.75 Å². The lowest BCUT2D eigenvalue weighted by Gasteiger charge is -2.37. The minimum atomic E-state index is -0.0825. The molecule has 2 N–H and O–H groups in total. The van der Waals surface area contributed by atoms with E-state index in [0.717, 1.165) is 36.5 Å². The molecule has 0 saturated carbocycles. The Hall–Kier alpha value is -2.12. The number of rotatable bonds is 5. The maximum absolute atomic E-state index is 13.1. The molecule has 1 fully saturated rings. The minimum absolute atomic E-state index is 0. The summed E-state index contributed by atoms with van der Waals surface area (Å²) in [5.41, 5.74) is 7.88. The van der Waals surface area contributed by atoms with Crippen LogP contribution in [-0.2, 0) is 0 Å². The van der Waals surface area contributed by atoms with Gasteiger partial charge in [-0.15, -0.1) is 17.5 Å². The summed E-state index contributed by atoms with van der Waals surface area (Å²) >= 11 is 0. The van der Waals surface area contributed by atoms with Gasteiger partial charge in [-0.25, -0.2) is 4.68 Å². The monoisotopic (exact) mass is 407 g/mol. The van der Waals surface area contributed by atoms with Gasteiger partial charge in [0.05, 0.1) is 17.5 Å². The Morgan fingerprint density at radius 3 is 2.61 bits per heavy atom. The number of hydrogen-bond acceptors (Lipinski definition) is 5. The van der Waals surface area contributed by atoms with Crippen molar-refractivity contribution in [2.75, 3.05) is 13.1 Å². The van der Waals surface area contributed by atoms with Gasteiger partial charge < -0.3 is 15.4 Å². The molecule has 3 rings (SSSR count). The Kier molecular flexibility index (Phi) is 7.43. The number of nitrogens with two attached hydrogens (primary N) is 1. The number of likely N-dealkylation sites (tertiary alicyclic amines) is 1. The summed E-state index contributed by atoms with van der Waals surface area (Å²) in [6.45, 7) is 9.25. The topological polar surface area (TPSA) is 86.3 Å². The number of benzene rings is 1. The van der Waals surface area contributed by atoms with E-state index >= 15 is 0 Å². The van der Waals surface area contributed by atoms with E-state index in [9.17, 15) is 4.79 Å². The summed E-state index contributed by atoms with van der Waals surface area (Å²) in [6.07, 6.45) is 2.05. The molecule has 2 aromatic rings. The summed E-state index contributed by atoms with van der Waals surface area (Å²) in [6, 6.07) is 7.69. The predicted octanol–water partition coefficient (Wildman–Crippen LogP) is 2.98. The first-order valence-corrected chi connectivity index (χ1v) is 9.61. The number of piperidine rings is 1. The first kappa shape index (κ1) is 22.2. The Morgan fingerprint density at radius 1 is 1.32 bits per heavy atom. The zero-order valence-corrected chi connectivity index (χ0v) is 17.8. The molecule has 2 unspecified atom stereocenters. The second-order valence-corrected chi connectivity index (χ2v) is 7.61. The zero-order valence-electron chi connectivity index (χ0n) is 17.0. The molecule has 1 aromatic heterocycles. The van der Waals surface area contributed by atoms with E-state index in [-0.39, 0.29) is 30.5 Å². The molecule has 1 aliphatic rings. The molecule has 1 aromatic carbocycles. The number of halogens is 1. The van der Waals surface area contributed by atoms with E-state index in [4.69, 9.17) is 10.5 Å². The van der Waals surface area contributed by atoms with Crippen LogP contribution in [0.4, 0.5) is 0 Å². The van der Waals surface area contributed by atoms with Gasteiger partial charge in [-0.3, -0.25) is 4.79 Å². The van der Waals surface area contributed by atoms with Crippen LogP contribution in [0.15, 0.2) is 24.3 Å². The summed E-state index contributed by atoms with van der Waals surface area (Å²) in [5.74, 6) is 1.31. The molecule has 154 valence electrons. The third-order valence-corrected chi connectivity index (χ3v) is 5.06. The Morgan fingerprint density at radius 2 is 2.00 bits per heavy atom. The summed E-state index contributed by atoms with van der Waals surface area (Å²) in [7, 11) is 0. The Bertz CT molecular complexity index is 790. The van der Waals surface area contributed by atoms with Gasteiger partial charge in [0.25, 0.3) is 5.91 Å². The fraction of sp³-hybridized carbons (Fsp3) is 0.550. The molecule has 0 bridgehead atoms. The highest BCUT2D eigenvalue weighted by Crippen LogP contribution is 2.25. The zero-order chi connectivity index (χ0) is 19.6. The van der Waals surface area contributed by atoms with Crippen LogP contribution in [0.3, 0.4) is 0 Å². The van der Waals surface area contributed by atoms with E-state index in [1.165, 1.54) is 0 Å². The fourth-order valence-electron chi connectivity index (χ4n) is 3.59. The van der Waals surface area contributed by atoms with Crippen molar-refractivity contribution in [3.8, 4) is 11.4 Å². The smallest absolute Gasteiger partial charge is 0.276 e. The number of amides is 1. The van der Waals surface area contributed by atoms with Gasteiger partial charge >= 0.3 is 0 Å². The van der Waals surface area contributed by atoms with Crippen molar-refractivity contribution in [1.29, 1.82) is 0 Å². The maximum atomic E-state index is 13.1. The van der Waals surface area contributed by atoms with Crippen LogP contribution < -0.4 is 10.5 Å². The second-order valence-electron chi connectivity index (χ2n) is 7.61. The normalized spacial score (nSPS) is 19.4. The largest absolute Gasteiger partial charge is 0.491 e. The van der Waals surface area contributed by atoms with E-state index < -0.39 is 0 Å². The molecular weight excluding hydrogens is 378 g/mol. The quantitative estimate of drug-likeness (QED) is 0.823. The van der Waals surface area contributed by atoms with Crippen LogP contribution in [0.25, 0.3) is 5.69 Å². The van der Waals surface area contributed by atoms with Crippen LogP contribution in [0.5, 0.6) is 5.75 Å². The molecule has 28 heavy (non-hydrogen) atoms. The molecule has 1 aliphatic heterocycles. The fourth-order valence-corrected chi connectivity index (χ4v) is 3.59. The van der Waals surface area contributed by atoms with E-state index in [0.29, 0.717) is 18.2 Å². The highest BCUT2D eigenvalue weighted by Gasteiger charge is 2.32. The van der Waals surface area contributed by atoms with Crippen molar-refractivity contribution in [3.05, 3.63) is 35.7 Å². The number of hydrogen-bond donors (Lipinski definition) is 1. The Labute approximate surface area is 172 Å². The first-order valence-electron chi connectivity index (χ1n) is 9.61. The minimum Gasteiger partial charge on any atom is -0.491 e. The molecule has 0 radical (unpaired) electrons. The van der Waals surface area contributed by atoms with Crippen molar-refractivity contribution in [2.24, 2.45) is 11.7 Å². The Balaban J connectivity index is 0.00000280. The van der Waals surface area contributed by atoms with Crippen LogP contribution in [-0.4, -0.2) is 51.0 Å². The van der Waals surface area contributed by atoms with Gasteiger partial charge in [0.15, 0.2) is 5.69 Å². The number of carbonyl (C=O) groups excluding carboxylic acids is 1. The molecular formula is C20H30ClN5O2. The van der Waals surface area contributed by atoms with Crippen molar-refractivity contribution in [2.45, 2.75) is 52.7 Å². The average molecular weight is 408 g/mol. The van der Waals surface area contributed by atoms with Gasteiger partial charge in [-0.1, -0.05) is 12.1 Å². The number of nitrogens with zero attached hydrogens (tertiary/aromatic N) is 4. The lowest BCUT2D eigenvalue weighted by molar-refractivity contribution is 0.0566. The summed E-state index contributed by atoms with van der Waals surface area (Å²) < 4.78 is 7.36. The van der Waals surface area contributed by atoms with Gasteiger partial charge in [-0.05, 0) is 63.8 Å². The SMILES string of the molecule is Cc1c(C(=O)N2CCC(C)CC2CN)nnn1-c1ccc(OC(C)C)cc1.Cl. The van der Waals surface area contributed by atoms with Crippen molar-refractivity contribution in [3.63, 3.8) is 0 Å². The number of carbonyl (C=O) groups is 1. The van der Waals surface area contributed by atoms with Crippen molar-refractivity contribution in [1.82, 2.24) is 19.9 Å². The van der Waals surface area contributed by atoms with Crippen molar-refractivity contribution < 1.29 is 9.53 Å². The number of aromatic nitrogens is 3. The van der Waals surface area contributed by atoms with Crippen LogP contribution in [0.2, 0.25) is 0 Å². The number of ether oxygens (including phenoxy) is 1. The third kappa shape index (κ3) is 4.64. The van der Waals surface area contributed by atoms with E-state index in [1.807, 2.05) is 49.9 Å². The van der Waals surface area contributed by atoms with Crippen LogP contribution >= 0.6 is 12.4 Å². The highest BCUT2D eigenvalue weighted by atomic mass is 35.5. The standard InChI is InChI=1S/C20H29N5O2.ClH/c1-13(2)27-18-7-5-16(6-8-18)25-15(4)19(22-23-25)20(26)24-10-9-14(3)11-17(24)12-21;/h5-8,13-14,17H,9-12,21H2,1-4H3;1H. The highest BCUT2D eigenvalue weighted by molar-refractivity contribution is 5.93. The molecule has 2 heterocycles. The third-order valence-electron chi connectivity index (χ3n) is 5.06. The average Bonchev–Trinajstić information content (AvgIpc) is 3.02. The summed E-state index contributed by atoms with van der Waals surface area (Å²) in [4.78, 5) is 14.9. The molecule has 7 nitrogen and oxygen atoms in total. The van der Waals surface area contributed by atoms with Gasteiger partial charge in [-0.2, -0.15) is 0 Å². The van der Waals surface area contributed by atoms with Crippen LogP contribution in [0, 0.1) is 12.8 Å². The van der Waals surface area contributed by atoms with Gasteiger partial charge in [0, 0.05) is 19.1 Å². The van der Waals surface area contributed by atoms with Gasteiger partial charge in [0.2, 0.25) is 0 Å². The van der Waals surface area contributed by atoms with Crippen molar-refractivity contribution >= 4 is 18.3 Å². The predicted molar refractivity (Wildman–Crippen MR) is 111 cm³/mol. The van der Waals surface area contributed by atoms with E-state index in [2.05, 4.69) is 17.2 Å². The molecule has 0 spiro atoms. The molecule has 1 amide bonds. The maximum Gasteiger partial charge on any atom is 0.276 e. The lowest BCUT2D eigenvalue weighted by atomic mass is 9.92. The molecule has 8 heteroatoms. The van der Waals surface area contributed by atoms with Crippen LogP contribution in [0.1, 0.15) is 49.8 Å². The van der Waals surface area contributed by atoms with E-state index in [1.54, 1.807) is 4.68 Å². The molecule has 0 aliphatic carbocycles.